The monoisotopic (exact) mass is 576 g/mol. The molecular weight excluding hydrogens is 536 g/mol. The predicted octanol–water partition coefficient (Wildman–Crippen LogP) is 1.38. The van der Waals surface area contributed by atoms with E-state index in [-0.39, 0.29) is 29.0 Å². The summed E-state index contributed by atoms with van der Waals surface area (Å²) in [6.45, 7) is 6.55. The number of carbonyl (C=O) groups excluding carboxylic acids is 4. The van der Waals surface area contributed by atoms with Crippen molar-refractivity contribution < 1.29 is 48.3 Å². The summed E-state index contributed by atoms with van der Waals surface area (Å²) >= 11 is 0. The van der Waals surface area contributed by atoms with Crippen LogP contribution in [0.2, 0.25) is 0 Å². The van der Waals surface area contributed by atoms with Gasteiger partial charge in [0, 0.05) is 31.8 Å². The van der Waals surface area contributed by atoms with E-state index in [1.54, 1.807) is 32.9 Å². The Balaban J connectivity index is 2.66. The number of nitrogens with two attached hydrogens (primary N) is 1. The van der Waals surface area contributed by atoms with Crippen molar-refractivity contribution in [1.82, 2.24) is 5.32 Å². The fraction of sp³-hybridized carbons (Fsp3) is 0.517. The van der Waals surface area contributed by atoms with E-state index in [0.29, 0.717) is 5.57 Å². The topological polar surface area (TPSA) is 184 Å². The van der Waals surface area contributed by atoms with Crippen molar-refractivity contribution in [3.8, 4) is 0 Å². The zero-order valence-corrected chi connectivity index (χ0v) is 24.4. The van der Waals surface area contributed by atoms with Gasteiger partial charge in [-0.2, -0.15) is 0 Å². The molecule has 0 saturated carbocycles. The van der Waals surface area contributed by atoms with E-state index in [0.717, 1.165) is 6.08 Å². The van der Waals surface area contributed by atoms with Gasteiger partial charge in [0.05, 0.1) is 36.7 Å². The Hall–Kier alpha value is -3.58. The summed E-state index contributed by atoms with van der Waals surface area (Å²) in [5.41, 5.74) is 5.39. The number of methoxy groups -OCH3 is 3. The third kappa shape index (κ3) is 8.23. The van der Waals surface area contributed by atoms with Gasteiger partial charge in [-0.05, 0) is 31.8 Å². The van der Waals surface area contributed by atoms with Gasteiger partial charge in [-0.15, -0.1) is 0 Å². The van der Waals surface area contributed by atoms with E-state index >= 15 is 0 Å². The summed E-state index contributed by atoms with van der Waals surface area (Å²) in [6, 6.07) is 0. The minimum Gasteiger partial charge on any atom is -0.492 e. The molecule has 5 N–H and O–H groups in total. The number of amides is 2. The first-order valence-electron chi connectivity index (χ1n) is 13.1. The molecule has 12 heteroatoms. The van der Waals surface area contributed by atoms with E-state index in [1.165, 1.54) is 40.4 Å². The van der Waals surface area contributed by atoms with Gasteiger partial charge < -0.3 is 40.2 Å². The Kier molecular flexibility index (Phi) is 12.2. The van der Waals surface area contributed by atoms with Crippen LogP contribution in [0.5, 0.6) is 0 Å². The van der Waals surface area contributed by atoms with Gasteiger partial charge in [-0.25, -0.2) is 4.79 Å². The Labute approximate surface area is 239 Å². The van der Waals surface area contributed by atoms with E-state index < -0.39 is 65.9 Å². The number of fused-ring (bicyclic) bond motifs is 2. The maximum absolute atomic E-state index is 13.4. The zero-order chi connectivity index (χ0) is 31.0. The maximum Gasteiger partial charge on any atom is 0.405 e. The average molecular weight is 577 g/mol. The molecule has 0 radical (unpaired) electrons. The van der Waals surface area contributed by atoms with E-state index in [9.17, 15) is 29.4 Å². The summed E-state index contributed by atoms with van der Waals surface area (Å²) in [5, 5.41) is 24.8. The lowest BCUT2D eigenvalue weighted by molar-refractivity contribution is -0.121. The minimum atomic E-state index is -1.49. The lowest BCUT2D eigenvalue weighted by Crippen LogP contribution is -2.40. The Morgan fingerprint density at radius 3 is 2.29 bits per heavy atom. The lowest BCUT2D eigenvalue weighted by atomic mass is 9.83. The molecule has 226 valence electrons. The van der Waals surface area contributed by atoms with Crippen LogP contribution in [0.3, 0.4) is 0 Å². The minimum absolute atomic E-state index is 0.0793. The number of allylic oxidation sites excluding steroid dienone is 4. The number of hydrogen-bond acceptors (Lipinski definition) is 10. The lowest BCUT2D eigenvalue weighted by Gasteiger charge is -2.31. The van der Waals surface area contributed by atoms with Gasteiger partial charge in [0.1, 0.15) is 6.10 Å². The molecule has 1 aliphatic carbocycles. The van der Waals surface area contributed by atoms with Gasteiger partial charge in [-0.3, -0.25) is 14.4 Å². The third-order valence-electron chi connectivity index (χ3n) is 7.14. The summed E-state index contributed by atoms with van der Waals surface area (Å²) in [7, 11) is 4.01. The number of nitrogens with one attached hydrogen (secondary N) is 1. The first kappa shape index (κ1) is 33.6. The van der Waals surface area contributed by atoms with Crippen molar-refractivity contribution in [3.63, 3.8) is 0 Å². The molecule has 2 rings (SSSR count). The number of hydrogen-bond donors (Lipinski definition) is 4. The Morgan fingerprint density at radius 1 is 1.07 bits per heavy atom. The molecule has 2 bridgehead atoms. The highest BCUT2D eigenvalue weighted by Crippen LogP contribution is 2.30. The summed E-state index contributed by atoms with van der Waals surface area (Å²) in [6.07, 6.45) is 1.02. The van der Waals surface area contributed by atoms with E-state index in [1.807, 2.05) is 0 Å². The number of primary amides is 1. The second-order valence-corrected chi connectivity index (χ2v) is 10.1. The first-order valence-corrected chi connectivity index (χ1v) is 13.1. The molecule has 0 unspecified atom stereocenters. The largest absolute Gasteiger partial charge is 0.492 e. The number of carbonyl (C=O) groups is 4. The standard InChI is InChI=1S/C29H40N2O10/c1-14-9-8-10-20(38-5)26(41-29(30)37)17(4)11-15(2)23(33)21(39-6)12-16(3)24(34)22-25(35)18(31-28(14)36)13-19(32)27(22)40-7/h8-11,13,15-16,20-21,23-24,26,33-34H,12H2,1-7H3,(H2,30,37)(H,31,36)/b10-8-,14-9+,17-11+/t15-,16-,20+,21-,23+,24+,26-/m0/s1. The molecule has 0 aromatic carbocycles. The summed E-state index contributed by atoms with van der Waals surface area (Å²) in [4.78, 5) is 50.7. The molecule has 41 heavy (non-hydrogen) atoms. The number of ether oxygens (including phenoxy) is 4. The molecule has 0 saturated heterocycles. The fourth-order valence-corrected chi connectivity index (χ4v) is 4.77. The Morgan fingerprint density at radius 2 is 1.73 bits per heavy atom. The highest BCUT2D eigenvalue weighted by atomic mass is 16.6. The third-order valence-corrected chi connectivity index (χ3v) is 7.14. The van der Waals surface area contributed by atoms with Crippen molar-refractivity contribution in [3.05, 3.63) is 58.6 Å². The molecule has 12 nitrogen and oxygen atoms in total. The van der Waals surface area contributed by atoms with E-state index in [4.69, 9.17) is 24.7 Å². The fourth-order valence-electron chi connectivity index (χ4n) is 4.77. The van der Waals surface area contributed by atoms with Crippen LogP contribution in [0.25, 0.3) is 0 Å². The molecule has 0 spiro atoms. The summed E-state index contributed by atoms with van der Waals surface area (Å²) in [5.74, 6) is -3.71. The number of Topliss-reactive ketones (excluding diaryl/α,β-unsaturated/α-hetero) is 1. The van der Waals surface area contributed by atoms with Gasteiger partial charge in [0.15, 0.2) is 11.9 Å². The SMILES string of the molecule is COC1=C2C(=O)C(=CC1=O)NC(=O)/C(C)=C/C=C\[C@@H](OC)[C@@H](OC(N)=O)/C(C)=C/[C@H](C)[C@@H](O)[C@@H](OC)C[C@H](C)[C@H]2O. The highest BCUT2D eigenvalue weighted by Gasteiger charge is 2.38. The number of rotatable bonds is 4. The van der Waals surface area contributed by atoms with Crippen molar-refractivity contribution in [2.75, 3.05) is 21.3 Å². The van der Waals surface area contributed by atoms with Crippen LogP contribution < -0.4 is 11.1 Å². The molecule has 1 heterocycles. The molecule has 7 atom stereocenters. The van der Waals surface area contributed by atoms with Gasteiger partial charge in [0.25, 0.3) is 5.91 Å². The molecule has 2 aliphatic rings. The number of ketones is 2. The number of aliphatic hydroxyl groups excluding tert-OH is 2. The van der Waals surface area contributed by atoms with Crippen LogP contribution in [-0.4, -0.2) is 85.6 Å². The van der Waals surface area contributed by atoms with Crippen LogP contribution in [0.1, 0.15) is 34.1 Å². The number of aliphatic hydroxyl groups is 2. The molecular formula is C29H40N2O10. The van der Waals surface area contributed by atoms with Crippen LogP contribution >= 0.6 is 0 Å². The van der Waals surface area contributed by atoms with Crippen LogP contribution in [0.4, 0.5) is 4.79 Å². The molecule has 0 aromatic heterocycles. The normalized spacial score (nSPS) is 34.0. The zero-order valence-electron chi connectivity index (χ0n) is 24.4. The first-order chi connectivity index (χ1) is 19.3. The molecule has 2 amide bonds. The van der Waals surface area contributed by atoms with Crippen molar-refractivity contribution in [2.45, 2.75) is 64.6 Å². The average Bonchev–Trinajstić information content (AvgIpc) is 2.92. The maximum atomic E-state index is 13.4. The second kappa shape index (κ2) is 14.9. The predicted molar refractivity (Wildman–Crippen MR) is 148 cm³/mol. The van der Waals surface area contributed by atoms with Crippen LogP contribution in [-0.2, 0) is 33.3 Å². The Bertz CT molecular complexity index is 1180. The quantitative estimate of drug-likeness (QED) is 0.282. The summed E-state index contributed by atoms with van der Waals surface area (Å²) < 4.78 is 21.5. The van der Waals surface area contributed by atoms with E-state index in [2.05, 4.69) is 5.32 Å². The van der Waals surface area contributed by atoms with Crippen molar-refractivity contribution in [2.24, 2.45) is 17.6 Å². The molecule has 1 aliphatic heterocycles. The second-order valence-electron chi connectivity index (χ2n) is 10.1. The smallest absolute Gasteiger partial charge is 0.405 e. The van der Waals surface area contributed by atoms with Gasteiger partial charge in [0.2, 0.25) is 11.6 Å². The van der Waals surface area contributed by atoms with Crippen LogP contribution in [0, 0.1) is 11.8 Å². The highest BCUT2D eigenvalue weighted by molar-refractivity contribution is 6.23. The van der Waals surface area contributed by atoms with Crippen molar-refractivity contribution >= 4 is 23.6 Å². The van der Waals surface area contributed by atoms with Crippen LogP contribution in [0.15, 0.2) is 58.6 Å². The van der Waals surface area contributed by atoms with Gasteiger partial charge in [-0.1, -0.05) is 38.2 Å². The molecule has 0 fully saturated rings. The van der Waals surface area contributed by atoms with Gasteiger partial charge >= 0.3 is 6.09 Å². The van der Waals surface area contributed by atoms with Crippen molar-refractivity contribution in [1.29, 1.82) is 0 Å². The molecule has 0 aromatic rings.